The molecule has 0 spiro atoms. The zero-order valence-electron chi connectivity index (χ0n) is 4.74. The van der Waals surface area contributed by atoms with E-state index in [1.807, 2.05) is 22.6 Å². The summed E-state index contributed by atoms with van der Waals surface area (Å²) in [6, 6.07) is 0. The van der Waals surface area contributed by atoms with Gasteiger partial charge in [-0.2, -0.15) is 0 Å². The van der Waals surface area contributed by atoms with Gasteiger partial charge < -0.3 is 5.73 Å². The van der Waals surface area contributed by atoms with Crippen LogP contribution in [0.5, 0.6) is 0 Å². The van der Waals surface area contributed by atoms with Crippen molar-refractivity contribution < 1.29 is 4.39 Å². The van der Waals surface area contributed by atoms with E-state index in [1.54, 1.807) is 0 Å². The van der Waals surface area contributed by atoms with E-state index in [-0.39, 0.29) is 10.8 Å². The molecular weight excluding hydrogens is 269 g/mol. The molecule has 0 aliphatic rings. The minimum atomic E-state index is -0.541. The van der Waals surface area contributed by atoms with Gasteiger partial charge in [-0.05, 0) is 22.6 Å². The highest BCUT2D eigenvalue weighted by molar-refractivity contribution is 14.1. The first-order chi connectivity index (χ1) is 4.63. The van der Waals surface area contributed by atoms with E-state index >= 15 is 0 Å². The summed E-state index contributed by atoms with van der Waals surface area (Å²) in [6.45, 7) is 0. The highest BCUT2D eigenvalue weighted by Gasteiger charge is 2.06. The molecule has 10 heavy (non-hydrogen) atoms. The van der Waals surface area contributed by atoms with Gasteiger partial charge in [0.25, 0.3) is 0 Å². The summed E-state index contributed by atoms with van der Waals surface area (Å²) >= 11 is 7.32. The van der Waals surface area contributed by atoms with E-state index < -0.39 is 5.82 Å². The molecule has 0 amide bonds. The van der Waals surface area contributed by atoms with Crippen LogP contribution in [-0.4, -0.2) is 4.98 Å². The third-order valence-electron chi connectivity index (χ3n) is 0.944. The van der Waals surface area contributed by atoms with Crippen LogP contribution < -0.4 is 5.73 Å². The maximum absolute atomic E-state index is 12.5. The molecule has 0 aliphatic carbocycles. The lowest BCUT2D eigenvalue weighted by atomic mass is 10.4. The predicted molar refractivity (Wildman–Crippen MR) is 46.3 cm³/mol. The fraction of sp³-hybridized carbons (Fsp3) is 0. The van der Waals surface area contributed by atoms with E-state index in [9.17, 15) is 4.39 Å². The Kier molecular flexibility index (Phi) is 2.30. The van der Waals surface area contributed by atoms with Crippen molar-refractivity contribution in [3.8, 4) is 0 Å². The summed E-state index contributed by atoms with van der Waals surface area (Å²) in [7, 11) is 0. The van der Waals surface area contributed by atoms with Crippen LogP contribution in [0.15, 0.2) is 6.20 Å². The van der Waals surface area contributed by atoms with Crippen LogP contribution in [0, 0.1) is 9.39 Å². The maximum atomic E-state index is 12.5. The van der Waals surface area contributed by atoms with Gasteiger partial charge in [0, 0.05) is 0 Å². The van der Waals surface area contributed by atoms with Gasteiger partial charge in [-0.3, -0.25) is 0 Å². The molecule has 0 atom stereocenters. The van der Waals surface area contributed by atoms with Gasteiger partial charge in [0.05, 0.1) is 14.8 Å². The molecular formula is C5H3ClFIN2. The molecule has 0 fully saturated rings. The third kappa shape index (κ3) is 1.32. The molecule has 0 aliphatic heterocycles. The summed E-state index contributed by atoms with van der Waals surface area (Å²) in [6.07, 6.45) is 1.000. The van der Waals surface area contributed by atoms with Crippen molar-refractivity contribution in [2.24, 2.45) is 0 Å². The highest BCUT2D eigenvalue weighted by Crippen LogP contribution is 2.24. The highest BCUT2D eigenvalue weighted by atomic mass is 127. The fourth-order valence-corrected chi connectivity index (χ4v) is 0.999. The fourth-order valence-electron chi connectivity index (χ4n) is 0.457. The summed E-state index contributed by atoms with van der Waals surface area (Å²) in [4.78, 5) is 3.55. The first-order valence-corrected chi connectivity index (χ1v) is 3.83. The maximum Gasteiger partial charge on any atom is 0.161 e. The van der Waals surface area contributed by atoms with Gasteiger partial charge in [0.15, 0.2) is 5.82 Å². The van der Waals surface area contributed by atoms with Crippen molar-refractivity contribution in [3.05, 3.63) is 20.6 Å². The second kappa shape index (κ2) is 2.87. The van der Waals surface area contributed by atoms with Crippen molar-refractivity contribution in [2.75, 3.05) is 5.73 Å². The molecule has 2 nitrogen and oxygen atoms in total. The topological polar surface area (TPSA) is 38.9 Å². The van der Waals surface area contributed by atoms with Crippen molar-refractivity contribution in [1.82, 2.24) is 4.98 Å². The van der Waals surface area contributed by atoms with Crippen LogP contribution >= 0.6 is 34.2 Å². The van der Waals surface area contributed by atoms with E-state index in [1.165, 1.54) is 0 Å². The second-order valence-corrected chi connectivity index (χ2v) is 3.08. The van der Waals surface area contributed by atoms with Crippen molar-refractivity contribution in [3.63, 3.8) is 0 Å². The Balaban J connectivity index is 3.34. The average Bonchev–Trinajstić information content (AvgIpc) is 1.93. The molecule has 1 heterocycles. The molecule has 1 aromatic heterocycles. The first kappa shape index (κ1) is 8.00. The molecule has 2 N–H and O–H groups in total. The molecule has 0 unspecified atom stereocenters. The van der Waals surface area contributed by atoms with Gasteiger partial charge in [0.2, 0.25) is 0 Å². The monoisotopic (exact) mass is 272 g/mol. The lowest BCUT2D eigenvalue weighted by Crippen LogP contribution is -1.95. The number of hydrogen-bond acceptors (Lipinski definition) is 2. The largest absolute Gasteiger partial charge is 0.383 e. The summed E-state index contributed by atoms with van der Waals surface area (Å²) in [5.41, 5.74) is 5.32. The quantitative estimate of drug-likeness (QED) is 0.734. The SMILES string of the molecule is Nc1ncc(F)c(Cl)c1I. The molecule has 0 aromatic carbocycles. The number of hydrogen-bond donors (Lipinski definition) is 1. The van der Waals surface area contributed by atoms with Crippen LogP contribution in [-0.2, 0) is 0 Å². The van der Waals surface area contributed by atoms with Crippen molar-refractivity contribution in [1.29, 1.82) is 0 Å². The number of nitrogens with zero attached hydrogens (tertiary/aromatic N) is 1. The minimum absolute atomic E-state index is 0.0353. The Morgan fingerprint density at radius 1 is 1.70 bits per heavy atom. The van der Waals surface area contributed by atoms with Gasteiger partial charge in [-0.25, -0.2) is 9.37 Å². The number of anilines is 1. The molecule has 0 saturated heterocycles. The number of halogens is 3. The molecule has 0 saturated carbocycles. The zero-order valence-corrected chi connectivity index (χ0v) is 7.65. The lowest BCUT2D eigenvalue weighted by molar-refractivity contribution is 0.621. The lowest BCUT2D eigenvalue weighted by Gasteiger charge is -1.98. The standard InChI is InChI=1S/C5H3ClFIN2/c6-3-2(7)1-10-5(9)4(3)8/h1H,(H2,9,10). The van der Waals surface area contributed by atoms with Gasteiger partial charge in [0.1, 0.15) is 5.82 Å². The normalized spacial score (nSPS) is 9.90. The van der Waals surface area contributed by atoms with E-state index in [0.29, 0.717) is 3.57 Å². The van der Waals surface area contributed by atoms with Crippen molar-refractivity contribution in [2.45, 2.75) is 0 Å². The van der Waals surface area contributed by atoms with Crippen molar-refractivity contribution >= 4 is 40.0 Å². The Bertz CT molecular complexity index is 239. The summed E-state index contributed by atoms with van der Waals surface area (Å²) in [5.74, 6) is -0.285. The molecule has 0 bridgehead atoms. The number of nitrogen functional groups attached to an aromatic ring is 1. The second-order valence-electron chi connectivity index (χ2n) is 1.62. The van der Waals surface area contributed by atoms with Gasteiger partial charge >= 0.3 is 0 Å². The van der Waals surface area contributed by atoms with Crippen LogP contribution in [0.25, 0.3) is 0 Å². The smallest absolute Gasteiger partial charge is 0.161 e. The number of nitrogens with two attached hydrogens (primary N) is 1. The minimum Gasteiger partial charge on any atom is -0.383 e. The number of aromatic nitrogens is 1. The van der Waals surface area contributed by atoms with E-state index in [4.69, 9.17) is 17.3 Å². The van der Waals surface area contributed by atoms with Crippen LogP contribution in [0.3, 0.4) is 0 Å². The van der Waals surface area contributed by atoms with Crippen LogP contribution in [0.4, 0.5) is 10.2 Å². The third-order valence-corrected chi connectivity index (χ3v) is 2.72. The van der Waals surface area contributed by atoms with E-state index in [0.717, 1.165) is 6.20 Å². The Morgan fingerprint density at radius 3 is 2.80 bits per heavy atom. The van der Waals surface area contributed by atoms with E-state index in [2.05, 4.69) is 4.98 Å². The average molecular weight is 272 g/mol. The zero-order chi connectivity index (χ0) is 7.72. The van der Waals surface area contributed by atoms with Crippen LogP contribution in [0.1, 0.15) is 0 Å². The summed E-state index contributed by atoms with van der Waals surface area (Å²) < 4.78 is 13.0. The first-order valence-electron chi connectivity index (χ1n) is 2.38. The molecule has 54 valence electrons. The molecule has 0 radical (unpaired) electrons. The Morgan fingerprint density at radius 2 is 2.30 bits per heavy atom. The predicted octanol–water partition coefficient (Wildman–Crippen LogP) is 2.06. The number of pyridine rings is 1. The number of rotatable bonds is 0. The molecule has 5 heteroatoms. The Labute approximate surface area is 75.7 Å². The van der Waals surface area contributed by atoms with Gasteiger partial charge in [-0.15, -0.1) is 0 Å². The molecule has 1 rings (SSSR count). The van der Waals surface area contributed by atoms with Gasteiger partial charge in [-0.1, -0.05) is 11.6 Å². The van der Waals surface area contributed by atoms with Crippen LogP contribution in [0.2, 0.25) is 5.02 Å². The molecule has 1 aromatic rings. The Hall–Kier alpha value is -0.100. The summed E-state index contributed by atoms with van der Waals surface area (Å²) in [5, 5.41) is 0.0353.